The molecule has 0 aliphatic carbocycles. The number of aromatic nitrogens is 2. The lowest BCUT2D eigenvalue weighted by Gasteiger charge is -2.27. The van der Waals surface area contributed by atoms with Crippen molar-refractivity contribution in [1.29, 1.82) is 0 Å². The van der Waals surface area contributed by atoms with Gasteiger partial charge < -0.3 is 10.5 Å². The van der Waals surface area contributed by atoms with E-state index in [0.29, 0.717) is 12.5 Å². The van der Waals surface area contributed by atoms with Gasteiger partial charge in [-0.1, -0.05) is 20.8 Å². The summed E-state index contributed by atoms with van der Waals surface area (Å²) in [6.07, 6.45) is 2.29. The zero-order valence-corrected chi connectivity index (χ0v) is 11.4. The standard InChI is InChI=1S/C13H23N3O/c1-6-17-12-9(2)10(15-8-16-12)7-11(14)13(3,4)5/h8,11H,6-7,14H2,1-5H3. The molecule has 0 aliphatic heterocycles. The molecule has 1 aromatic heterocycles. The van der Waals surface area contributed by atoms with Crippen LogP contribution in [0.2, 0.25) is 0 Å². The van der Waals surface area contributed by atoms with Crippen LogP contribution in [-0.4, -0.2) is 22.6 Å². The van der Waals surface area contributed by atoms with Gasteiger partial charge in [-0.05, 0) is 19.3 Å². The minimum absolute atomic E-state index is 0.0726. The summed E-state index contributed by atoms with van der Waals surface area (Å²) in [4.78, 5) is 8.43. The number of nitrogens with zero attached hydrogens (tertiary/aromatic N) is 2. The van der Waals surface area contributed by atoms with Gasteiger partial charge in [0.05, 0.1) is 12.3 Å². The molecule has 0 radical (unpaired) electrons. The SMILES string of the molecule is CCOc1ncnc(CC(N)C(C)(C)C)c1C. The van der Waals surface area contributed by atoms with Gasteiger partial charge in [0.25, 0.3) is 0 Å². The first kappa shape index (κ1) is 13.9. The minimum Gasteiger partial charge on any atom is -0.478 e. The topological polar surface area (TPSA) is 61.0 Å². The highest BCUT2D eigenvalue weighted by molar-refractivity contribution is 5.28. The Morgan fingerprint density at radius 2 is 2.00 bits per heavy atom. The molecule has 1 aromatic rings. The van der Waals surface area contributed by atoms with Crippen molar-refractivity contribution in [3.63, 3.8) is 0 Å². The Hall–Kier alpha value is -1.16. The zero-order chi connectivity index (χ0) is 13.1. The van der Waals surface area contributed by atoms with Crippen molar-refractivity contribution in [2.75, 3.05) is 6.61 Å². The summed E-state index contributed by atoms with van der Waals surface area (Å²) >= 11 is 0. The molecule has 2 N–H and O–H groups in total. The second kappa shape index (κ2) is 5.45. The quantitative estimate of drug-likeness (QED) is 0.871. The maximum atomic E-state index is 6.17. The molecule has 0 bridgehead atoms. The Morgan fingerprint density at radius 1 is 1.35 bits per heavy atom. The molecule has 1 heterocycles. The van der Waals surface area contributed by atoms with E-state index in [0.717, 1.165) is 17.7 Å². The molecule has 1 unspecified atom stereocenters. The number of hydrogen-bond donors (Lipinski definition) is 1. The fourth-order valence-electron chi connectivity index (χ4n) is 1.47. The highest BCUT2D eigenvalue weighted by atomic mass is 16.5. The summed E-state index contributed by atoms with van der Waals surface area (Å²) in [5.41, 5.74) is 8.22. The maximum absolute atomic E-state index is 6.17. The summed E-state index contributed by atoms with van der Waals surface area (Å²) < 4.78 is 5.45. The van der Waals surface area contributed by atoms with Crippen molar-refractivity contribution >= 4 is 0 Å². The Morgan fingerprint density at radius 3 is 2.53 bits per heavy atom. The highest BCUT2D eigenvalue weighted by Crippen LogP contribution is 2.23. The third-order valence-electron chi connectivity index (χ3n) is 2.95. The second-order valence-electron chi connectivity index (χ2n) is 5.36. The van der Waals surface area contributed by atoms with Crippen LogP contribution in [0.1, 0.15) is 39.0 Å². The zero-order valence-electron chi connectivity index (χ0n) is 11.4. The van der Waals surface area contributed by atoms with Crippen LogP contribution in [0.5, 0.6) is 5.88 Å². The van der Waals surface area contributed by atoms with Crippen LogP contribution in [0.25, 0.3) is 0 Å². The summed E-state index contributed by atoms with van der Waals surface area (Å²) in [7, 11) is 0. The summed E-state index contributed by atoms with van der Waals surface area (Å²) in [5.74, 6) is 0.665. The van der Waals surface area contributed by atoms with E-state index in [-0.39, 0.29) is 11.5 Å². The van der Waals surface area contributed by atoms with Gasteiger partial charge >= 0.3 is 0 Å². The fourth-order valence-corrected chi connectivity index (χ4v) is 1.47. The fraction of sp³-hybridized carbons (Fsp3) is 0.692. The van der Waals surface area contributed by atoms with Crippen LogP contribution in [0.15, 0.2) is 6.33 Å². The van der Waals surface area contributed by atoms with Crippen LogP contribution in [-0.2, 0) is 6.42 Å². The Kier molecular flexibility index (Phi) is 4.46. The molecule has 0 aromatic carbocycles. The number of rotatable bonds is 4. The summed E-state index contributed by atoms with van der Waals surface area (Å²) in [5, 5.41) is 0. The van der Waals surface area contributed by atoms with Gasteiger partial charge in [0.2, 0.25) is 5.88 Å². The number of hydrogen-bond acceptors (Lipinski definition) is 4. The first-order valence-electron chi connectivity index (χ1n) is 6.05. The molecule has 0 saturated heterocycles. The van der Waals surface area contributed by atoms with Crippen molar-refractivity contribution in [3.8, 4) is 5.88 Å². The maximum Gasteiger partial charge on any atom is 0.219 e. The van der Waals surface area contributed by atoms with Crippen molar-refractivity contribution in [2.45, 2.75) is 47.1 Å². The first-order valence-corrected chi connectivity index (χ1v) is 6.05. The number of ether oxygens (including phenoxy) is 1. The van der Waals surface area contributed by atoms with E-state index in [9.17, 15) is 0 Å². The average Bonchev–Trinajstić information content (AvgIpc) is 2.22. The molecule has 96 valence electrons. The van der Waals surface area contributed by atoms with E-state index < -0.39 is 0 Å². The smallest absolute Gasteiger partial charge is 0.219 e. The van der Waals surface area contributed by atoms with E-state index >= 15 is 0 Å². The van der Waals surface area contributed by atoms with Crippen LogP contribution in [0, 0.1) is 12.3 Å². The van der Waals surface area contributed by atoms with E-state index in [1.807, 2.05) is 13.8 Å². The van der Waals surface area contributed by atoms with E-state index in [1.165, 1.54) is 0 Å². The first-order chi connectivity index (χ1) is 7.86. The molecular weight excluding hydrogens is 214 g/mol. The normalized spacial score (nSPS) is 13.5. The van der Waals surface area contributed by atoms with Gasteiger partial charge in [-0.25, -0.2) is 9.97 Å². The van der Waals surface area contributed by atoms with Crippen molar-refractivity contribution in [2.24, 2.45) is 11.1 Å². The molecule has 1 atom stereocenters. The molecule has 0 saturated carbocycles. The molecule has 4 nitrogen and oxygen atoms in total. The molecule has 0 fully saturated rings. The van der Waals surface area contributed by atoms with Crippen LogP contribution in [0.4, 0.5) is 0 Å². The average molecular weight is 237 g/mol. The van der Waals surface area contributed by atoms with Gasteiger partial charge in [0, 0.05) is 18.0 Å². The Balaban J connectivity index is 2.88. The molecule has 0 amide bonds. The Labute approximate surface area is 104 Å². The summed E-state index contributed by atoms with van der Waals surface area (Å²) in [6.45, 7) is 11.0. The molecular formula is C13H23N3O. The van der Waals surface area contributed by atoms with Gasteiger partial charge in [-0.3, -0.25) is 0 Å². The predicted octanol–water partition coefficient (Wildman–Crippen LogP) is 2.10. The highest BCUT2D eigenvalue weighted by Gasteiger charge is 2.22. The molecule has 0 aliphatic rings. The lowest BCUT2D eigenvalue weighted by Crippen LogP contribution is -2.37. The monoisotopic (exact) mass is 237 g/mol. The molecule has 1 rings (SSSR count). The predicted molar refractivity (Wildman–Crippen MR) is 69.1 cm³/mol. The lowest BCUT2D eigenvalue weighted by molar-refractivity contribution is 0.310. The van der Waals surface area contributed by atoms with Crippen molar-refractivity contribution in [3.05, 3.63) is 17.6 Å². The molecule has 4 heteroatoms. The summed E-state index contributed by atoms with van der Waals surface area (Å²) in [6, 6.07) is 0.0746. The van der Waals surface area contributed by atoms with Gasteiger partial charge in [-0.2, -0.15) is 0 Å². The van der Waals surface area contributed by atoms with Crippen molar-refractivity contribution in [1.82, 2.24) is 9.97 Å². The van der Waals surface area contributed by atoms with E-state index in [1.54, 1.807) is 6.33 Å². The van der Waals surface area contributed by atoms with Gasteiger partial charge in [-0.15, -0.1) is 0 Å². The van der Waals surface area contributed by atoms with E-state index in [2.05, 4.69) is 30.7 Å². The minimum atomic E-state index is 0.0726. The van der Waals surface area contributed by atoms with E-state index in [4.69, 9.17) is 10.5 Å². The lowest BCUT2D eigenvalue weighted by atomic mass is 9.84. The van der Waals surface area contributed by atoms with Gasteiger partial charge in [0.15, 0.2) is 0 Å². The Bertz CT molecular complexity index is 371. The molecule has 17 heavy (non-hydrogen) atoms. The van der Waals surface area contributed by atoms with Crippen LogP contribution >= 0.6 is 0 Å². The van der Waals surface area contributed by atoms with Gasteiger partial charge in [0.1, 0.15) is 6.33 Å². The van der Waals surface area contributed by atoms with Crippen molar-refractivity contribution < 1.29 is 4.74 Å². The number of nitrogens with two attached hydrogens (primary N) is 1. The van der Waals surface area contributed by atoms with Crippen LogP contribution in [0.3, 0.4) is 0 Å². The molecule has 0 spiro atoms. The second-order valence-corrected chi connectivity index (χ2v) is 5.36. The third-order valence-corrected chi connectivity index (χ3v) is 2.95. The van der Waals surface area contributed by atoms with Crippen LogP contribution < -0.4 is 10.5 Å². The largest absolute Gasteiger partial charge is 0.478 e. The third kappa shape index (κ3) is 3.66.